The second kappa shape index (κ2) is 7.36. The first-order valence-electron chi connectivity index (χ1n) is 3.45. The summed E-state index contributed by atoms with van der Waals surface area (Å²) < 4.78 is 4.55. The van der Waals surface area contributed by atoms with E-state index in [9.17, 15) is 4.79 Å². The molecular formula is C7H9N3O2. The van der Waals surface area contributed by atoms with Crippen LogP contribution in [0.25, 0.3) is 0 Å². The Hall–Kier alpha value is -1.75. The summed E-state index contributed by atoms with van der Waals surface area (Å²) >= 11 is 0. The van der Waals surface area contributed by atoms with Gasteiger partial charge in [-0.05, 0) is 0 Å². The van der Waals surface area contributed by atoms with Crippen molar-refractivity contribution in [2.45, 2.75) is 12.8 Å². The van der Waals surface area contributed by atoms with Crippen LogP contribution >= 0.6 is 0 Å². The predicted molar refractivity (Wildman–Crippen MR) is 39.8 cm³/mol. The van der Waals surface area contributed by atoms with Crippen molar-refractivity contribution in [3.05, 3.63) is 0 Å². The first-order valence-corrected chi connectivity index (χ1v) is 3.45. The molecule has 0 unspecified atom stereocenters. The fourth-order valence-electron chi connectivity index (χ4n) is 0.461. The third kappa shape index (κ3) is 6.37. The molecule has 0 spiro atoms. The molecule has 0 saturated heterocycles. The van der Waals surface area contributed by atoms with Crippen molar-refractivity contribution in [1.29, 1.82) is 10.5 Å². The largest absolute Gasteiger partial charge is 0.448 e. The summed E-state index contributed by atoms with van der Waals surface area (Å²) in [6.45, 7) is 0.372. The van der Waals surface area contributed by atoms with E-state index in [1.54, 1.807) is 0 Å². The van der Waals surface area contributed by atoms with Gasteiger partial charge in [-0.1, -0.05) is 0 Å². The van der Waals surface area contributed by atoms with Crippen LogP contribution in [-0.2, 0) is 4.74 Å². The van der Waals surface area contributed by atoms with Crippen molar-refractivity contribution in [2.75, 3.05) is 13.2 Å². The summed E-state index contributed by atoms with van der Waals surface area (Å²) in [5, 5.41) is 18.5. The summed E-state index contributed by atoms with van der Waals surface area (Å²) in [6, 6.07) is 3.70. The highest BCUT2D eigenvalue weighted by molar-refractivity contribution is 5.67. The van der Waals surface area contributed by atoms with Crippen LogP contribution in [0.2, 0.25) is 0 Å². The maximum atomic E-state index is 10.6. The Morgan fingerprint density at radius 3 is 2.58 bits per heavy atom. The van der Waals surface area contributed by atoms with Crippen molar-refractivity contribution in [3.63, 3.8) is 0 Å². The minimum Gasteiger partial charge on any atom is -0.448 e. The summed E-state index contributed by atoms with van der Waals surface area (Å²) in [5.41, 5.74) is 0. The molecule has 0 aliphatic rings. The molecule has 5 heteroatoms. The average Bonchev–Trinajstić information content (AvgIpc) is 2.06. The van der Waals surface area contributed by atoms with Gasteiger partial charge in [0.1, 0.15) is 6.61 Å². The number of nitrogens with zero attached hydrogens (tertiary/aromatic N) is 2. The molecule has 0 aliphatic heterocycles. The lowest BCUT2D eigenvalue weighted by Gasteiger charge is -2.01. The fraction of sp³-hybridized carbons (Fsp3) is 0.571. The summed E-state index contributed by atoms with van der Waals surface area (Å²) in [7, 11) is 0. The Labute approximate surface area is 70.5 Å². The lowest BCUT2D eigenvalue weighted by Crippen LogP contribution is -2.25. The predicted octanol–water partition coefficient (Wildman–Crippen LogP) is 0.540. The third-order valence-corrected chi connectivity index (χ3v) is 0.953. The third-order valence-electron chi connectivity index (χ3n) is 0.953. The molecule has 0 aromatic carbocycles. The van der Waals surface area contributed by atoms with Crippen LogP contribution in [0.5, 0.6) is 0 Å². The second-order valence-corrected chi connectivity index (χ2v) is 1.88. The molecule has 0 aliphatic carbocycles. The van der Waals surface area contributed by atoms with Crippen molar-refractivity contribution in [3.8, 4) is 12.1 Å². The lowest BCUT2D eigenvalue weighted by molar-refractivity contribution is 0.149. The van der Waals surface area contributed by atoms with Gasteiger partial charge >= 0.3 is 6.09 Å². The van der Waals surface area contributed by atoms with E-state index in [-0.39, 0.29) is 26.0 Å². The van der Waals surface area contributed by atoms with E-state index in [4.69, 9.17) is 10.5 Å². The lowest BCUT2D eigenvalue weighted by atomic mass is 10.5. The zero-order valence-electron chi connectivity index (χ0n) is 6.54. The topological polar surface area (TPSA) is 85.9 Å². The molecule has 0 radical (unpaired) electrons. The number of hydrogen-bond donors (Lipinski definition) is 1. The minimum atomic E-state index is -0.583. The fourth-order valence-corrected chi connectivity index (χ4v) is 0.461. The van der Waals surface area contributed by atoms with E-state index in [0.717, 1.165) is 0 Å². The van der Waals surface area contributed by atoms with Gasteiger partial charge in [-0.15, -0.1) is 0 Å². The van der Waals surface area contributed by atoms with Crippen molar-refractivity contribution in [2.24, 2.45) is 0 Å². The zero-order valence-corrected chi connectivity index (χ0v) is 6.54. The summed E-state index contributed by atoms with van der Waals surface area (Å²) in [6.07, 6.45) is -0.139. The van der Waals surface area contributed by atoms with Crippen LogP contribution < -0.4 is 5.32 Å². The SMILES string of the molecule is N#CCCNC(=O)OCCC#N. The van der Waals surface area contributed by atoms with E-state index < -0.39 is 6.09 Å². The van der Waals surface area contributed by atoms with Gasteiger partial charge in [0, 0.05) is 6.54 Å². The quantitative estimate of drug-likeness (QED) is 0.619. The second-order valence-electron chi connectivity index (χ2n) is 1.88. The van der Waals surface area contributed by atoms with Gasteiger partial charge in [0.2, 0.25) is 0 Å². The number of hydrogen-bond acceptors (Lipinski definition) is 4. The average molecular weight is 167 g/mol. The maximum Gasteiger partial charge on any atom is 0.407 e. The highest BCUT2D eigenvalue weighted by Crippen LogP contribution is 1.82. The van der Waals surface area contributed by atoms with E-state index in [1.807, 2.05) is 12.1 Å². The minimum absolute atomic E-state index is 0.0921. The first kappa shape index (κ1) is 10.2. The molecule has 0 atom stereocenters. The molecular weight excluding hydrogens is 158 g/mol. The molecule has 0 rings (SSSR count). The molecule has 64 valence electrons. The smallest absolute Gasteiger partial charge is 0.407 e. The van der Waals surface area contributed by atoms with Crippen LogP contribution in [-0.4, -0.2) is 19.2 Å². The molecule has 0 heterocycles. The van der Waals surface area contributed by atoms with E-state index in [1.165, 1.54) is 0 Å². The van der Waals surface area contributed by atoms with Gasteiger partial charge in [-0.2, -0.15) is 10.5 Å². The summed E-state index contributed by atoms with van der Waals surface area (Å²) in [4.78, 5) is 10.6. The van der Waals surface area contributed by atoms with E-state index in [2.05, 4.69) is 10.1 Å². The van der Waals surface area contributed by atoms with E-state index >= 15 is 0 Å². The Morgan fingerprint density at radius 2 is 2.00 bits per heavy atom. The Kier molecular flexibility index (Phi) is 6.29. The van der Waals surface area contributed by atoms with Crippen molar-refractivity contribution in [1.82, 2.24) is 5.32 Å². The van der Waals surface area contributed by atoms with Crippen molar-refractivity contribution < 1.29 is 9.53 Å². The molecule has 0 saturated carbocycles. The normalized spacial score (nSPS) is 7.83. The molecule has 1 N–H and O–H groups in total. The van der Waals surface area contributed by atoms with Crippen LogP contribution in [0.3, 0.4) is 0 Å². The number of ether oxygens (including phenoxy) is 1. The highest BCUT2D eigenvalue weighted by atomic mass is 16.5. The molecule has 0 bridgehead atoms. The molecule has 0 aromatic rings. The number of alkyl carbamates (subject to hydrolysis) is 1. The van der Waals surface area contributed by atoms with Gasteiger partial charge < -0.3 is 10.1 Å². The highest BCUT2D eigenvalue weighted by Gasteiger charge is 1.98. The number of nitrogens with one attached hydrogen (secondary N) is 1. The molecule has 1 amide bonds. The number of amides is 1. The number of nitriles is 2. The number of carbonyl (C=O) groups excluding carboxylic acids is 1. The standard InChI is InChI=1S/C7H9N3O2/c8-3-1-5-10-7(11)12-6-2-4-9/h1-2,5-6H2,(H,10,11). The van der Waals surface area contributed by atoms with Gasteiger partial charge in [-0.25, -0.2) is 4.79 Å². The first-order chi connectivity index (χ1) is 5.81. The van der Waals surface area contributed by atoms with Gasteiger partial charge in [-0.3, -0.25) is 0 Å². The monoisotopic (exact) mass is 167 g/mol. The Balaban J connectivity index is 3.24. The molecule has 12 heavy (non-hydrogen) atoms. The Morgan fingerprint density at radius 1 is 1.33 bits per heavy atom. The number of rotatable bonds is 4. The van der Waals surface area contributed by atoms with Crippen LogP contribution in [0.1, 0.15) is 12.8 Å². The maximum absolute atomic E-state index is 10.6. The molecule has 0 aromatic heterocycles. The van der Waals surface area contributed by atoms with Gasteiger partial charge in [0.05, 0.1) is 25.0 Å². The van der Waals surface area contributed by atoms with Crippen LogP contribution in [0.15, 0.2) is 0 Å². The van der Waals surface area contributed by atoms with E-state index in [0.29, 0.717) is 0 Å². The number of carbonyl (C=O) groups is 1. The summed E-state index contributed by atoms with van der Waals surface area (Å²) in [5.74, 6) is 0. The molecule has 5 nitrogen and oxygen atoms in total. The van der Waals surface area contributed by atoms with Crippen molar-refractivity contribution >= 4 is 6.09 Å². The van der Waals surface area contributed by atoms with Gasteiger partial charge in [0.25, 0.3) is 0 Å². The Bertz CT molecular complexity index is 192. The van der Waals surface area contributed by atoms with Crippen LogP contribution in [0, 0.1) is 22.7 Å². The van der Waals surface area contributed by atoms with Crippen LogP contribution in [0.4, 0.5) is 4.79 Å². The zero-order chi connectivity index (χ0) is 9.23. The molecule has 0 fully saturated rings. The van der Waals surface area contributed by atoms with Gasteiger partial charge in [0.15, 0.2) is 0 Å².